The highest BCUT2D eigenvalue weighted by Crippen LogP contribution is 2.12. The first kappa shape index (κ1) is 15.7. The maximum absolute atomic E-state index is 11.1. The van der Waals surface area contributed by atoms with E-state index in [1.807, 2.05) is 24.3 Å². The molecule has 2 aromatic carbocycles. The van der Waals surface area contributed by atoms with Crippen LogP contribution < -0.4 is 4.74 Å². The van der Waals surface area contributed by atoms with Gasteiger partial charge >= 0.3 is 5.97 Å². The molecule has 0 fully saturated rings. The second-order valence-corrected chi connectivity index (χ2v) is 4.37. The summed E-state index contributed by atoms with van der Waals surface area (Å²) in [6.45, 7) is 3.34. The van der Waals surface area contributed by atoms with Gasteiger partial charge in [0.25, 0.3) is 0 Å². The van der Waals surface area contributed by atoms with Crippen molar-refractivity contribution in [3.8, 4) is 41.8 Å². The van der Waals surface area contributed by atoms with Crippen molar-refractivity contribution in [2.24, 2.45) is 0 Å². The van der Waals surface area contributed by atoms with Crippen molar-refractivity contribution in [1.82, 2.24) is 0 Å². The number of rotatable bonds is 2. The number of benzene rings is 2. The lowest BCUT2D eigenvalue weighted by atomic mass is 10.1. The minimum absolute atomic E-state index is 0.455. The summed E-state index contributed by atoms with van der Waals surface area (Å²) in [6, 6.07) is 14.4. The highest BCUT2D eigenvalue weighted by Gasteiger charge is 1.98. The van der Waals surface area contributed by atoms with Gasteiger partial charge in [-0.05, 0) is 60.4 Å². The Morgan fingerprint density at radius 3 is 1.87 bits per heavy atom. The summed E-state index contributed by atoms with van der Waals surface area (Å²) in [5.41, 5.74) is 2.54. The Labute approximate surface area is 135 Å². The van der Waals surface area contributed by atoms with Crippen LogP contribution in [-0.2, 0) is 4.79 Å². The van der Waals surface area contributed by atoms with Gasteiger partial charge in [-0.15, -0.1) is 6.42 Å². The smallest absolute Gasteiger partial charge is 0.335 e. The molecule has 108 valence electrons. The summed E-state index contributed by atoms with van der Waals surface area (Å²) in [7, 11) is 0. The maximum Gasteiger partial charge on any atom is 0.335 e. The Bertz CT molecular complexity index is 872. The third kappa shape index (κ3) is 4.98. The fourth-order valence-electron chi connectivity index (χ4n) is 1.65. The van der Waals surface area contributed by atoms with Crippen molar-refractivity contribution < 1.29 is 9.53 Å². The molecule has 2 aromatic rings. The van der Waals surface area contributed by atoms with Gasteiger partial charge in [-0.3, -0.25) is 0 Å². The Morgan fingerprint density at radius 2 is 1.39 bits per heavy atom. The van der Waals surface area contributed by atoms with Crippen LogP contribution >= 0.6 is 0 Å². The zero-order valence-electron chi connectivity index (χ0n) is 12.3. The summed E-state index contributed by atoms with van der Waals surface area (Å²) < 4.78 is 4.99. The fraction of sp³-hybridized carbons (Fsp3) is 0. The van der Waals surface area contributed by atoms with Gasteiger partial charge in [0.15, 0.2) is 0 Å². The number of ether oxygens (including phenoxy) is 1. The first-order valence-corrected chi connectivity index (χ1v) is 6.74. The second kappa shape index (κ2) is 7.94. The molecule has 0 spiro atoms. The van der Waals surface area contributed by atoms with Crippen LogP contribution in [0.3, 0.4) is 0 Å². The first-order chi connectivity index (χ1) is 11.2. The van der Waals surface area contributed by atoms with E-state index in [0.717, 1.165) is 22.8 Å². The zero-order chi connectivity index (χ0) is 16.5. The molecule has 0 bridgehead atoms. The first-order valence-electron chi connectivity index (χ1n) is 6.74. The molecule has 2 nitrogen and oxygen atoms in total. The van der Waals surface area contributed by atoms with Crippen molar-refractivity contribution in [2.45, 2.75) is 0 Å². The van der Waals surface area contributed by atoms with Gasteiger partial charge in [-0.2, -0.15) is 0 Å². The molecular weight excluding hydrogens is 284 g/mol. The van der Waals surface area contributed by atoms with Gasteiger partial charge < -0.3 is 4.74 Å². The molecule has 0 N–H and O–H groups in total. The van der Waals surface area contributed by atoms with Crippen LogP contribution in [0.4, 0.5) is 0 Å². The molecule has 0 amide bonds. The average Bonchev–Trinajstić information content (AvgIpc) is 2.60. The quantitative estimate of drug-likeness (QED) is 0.368. The molecular formula is C21H12O2. The standard InChI is InChI=1S/C21H12O2/c1-3-5-6-17-7-9-18(10-8-17)11-12-19-13-15-20(16-14-19)23-21(22)4-2/h1,4,7-10,13-16H,2H2. The lowest BCUT2D eigenvalue weighted by Gasteiger charge is -2.00. The molecule has 0 aliphatic rings. The van der Waals surface area contributed by atoms with Gasteiger partial charge in [-0.25, -0.2) is 4.79 Å². The van der Waals surface area contributed by atoms with E-state index >= 15 is 0 Å². The molecule has 0 aliphatic carbocycles. The zero-order valence-corrected chi connectivity index (χ0v) is 12.3. The molecule has 0 radical (unpaired) electrons. The minimum atomic E-state index is -0.489. The summed E-state index contributed by atoms with van der Waals surface area (Å²) >= 11 is 0. The fourth-order valence-corrected chi connectivity index (χ4v) is 1.65. The Hall–Kier alpha value is -3.67. The Balaban J connectivity index is 2.08. The third-order valence-corrected chi connectivity index (χ3v) is 2.75. The molecule has 0 saturated heterocycles. The number of carbonyl (C=O) groups is 1. The molecule has 0 aliphatic heterocycles. The number of hydrogen-bond acceptors (Lipinski definition) is 2. The van der Waals surface area contributed by atoms with Crippen LogP contribution in [0.1, 0.15) is 16.7 Å². The lowest BCUT2D eigenvalue weighted by Crippen LogP contribution is -2.02. The normalized spacial score (nSPS) is 8.48. The topological polar surface area (TPSA) is 26.3 Å². The number of hydrogen-bond donors (Lipinski definition) is 0. The van der Waals surface area contributed by atoms with Gasteiger partial charge in [0.2, 0.25) is 0 Å². The number of terminal acetylenes is 1. The Kier molecular flexibility index (Phi) is 5.43. The minimum Gasteiger partial charge on any atom is -0.423 e. The summed E-state index contributed by atoms with van der Waals surface area (Å²) in [5.74, 6) is 13.7. The highest BCUT2D eigenvalue weighted by molar-refractivity contribution is 5.83. The maximum atomic E-state index is 11.1. The monoisotopic (exact) mass is 296 g/mol. The molecule has 2 rings (SSSR count). The largest absolute Gasteiger partial charge is 0.423 e. The van der Waals surface area contributed by atoms with E-state index in [1.54, 1.807) is 24.3 Å². The molecule has 0 heterocycles. The molecule has 23 heavy (non-hydrogen) atoms. The Morgan fingerprint density at radius 1 is 0.913 bits per heavy atom. The van der Waals surface area contributed by atoms with Crippen LogP contribution in [0.2, 0.25) is 0 Å². The van der Waals surface area contributed by atoms with Gasteiger partial charge in [0.1, 0.15) is 5.75 Å². The average molecular weight is 296 g/mol. The van der Waals surface area contributed by atoms with Crippen LogP contribution in [-0.4, -0.2) is 5.97 Å². The third-order valence-electron chi connectivity index (χ3n) is 2.75. The second-order valence-electron chi connectivity index (χ2n) is 4.37. The van der Waals surface area contributed by atoms with Gasteiger partial charge in [0, 0.05) is 22.8 Å². The summed E-state index contributed by atoms with van der Waals surface area (Å²) in [6.07, 6.45) is 6.20. The van der Waals surface area contributed by atoms with Crippen LogP contribution in [0.5, 0.6) is 5.75 Å². The van der Waals surface area contributed by atoms with E-state index in [1.165, 1.54) is 0 Å². The van der Waals surface area contributed by atoms with Gasteiger partial charge in [0.05, 0.1) is 0 Å². The van der Waals surface area contributed by atoms with E-state index < -0.39 is 5.97 Å². The summed E-state index contributed by atoms with van der Waals surface area (Å²) in [4.78, 5) is 11.1. The van der Waals surface area contributed by atoms with Gasteiger partial charge in [-0.1, -0.05) is 24.3 Å². The van der Waals surface area contributed by atoms with E-state index in [2.05, 4.69) is 36.2 Å². The molecule has 2 heteroatoms. The van der Waals surface area contributed by atoms with Crippen LogP contribution in [0, 0.1) is 36.0 Å². The van der Waals surface area contributed by atoms with Crippen molar-refractivity contribution in [1.29, 1.82) is 0 Å². The van der Waals surface area contributed by atoms with E-state index in [-0.39, 0.29) is 0 Å². The van der Waals surface area contributed by atoms with E-state index in [4.69, 9.17) is 11.2 Å². The van der Waals surface area contributed by atoms with Crippen molar-refractivity contribution in [3.05, 3.63) is 77.9 Å². The summed E-state index contributed by atoms with van der Waals surface area (Å²) in [5, 5.41) is 0. The van der Waals surface area contributed by atoms with Crippen molar-refractivity contribution in [2.75, 3.05) is 0 Å². The van der Waals surface area contributed by atoms with Crippen molar-refractivity contribution in [3.63, 3.8) is 0 Å². The SMILES string of the molecule is C#CC#Cc1ccc(C#Cc2ccc(OC(=O)C=C)cc2)cc1. The molecule has 0 aromatic heterocycles. The van der Waals surface area contributed by atoms with Crippen molar-refractivity contribution >= 4 is 5.97 Å². The molecule has 0 saturated carbocycles. The predicted molar refractivity (Wildman–Crippen MR) is 90.4 cm³/mol. The number of esters is 1. The molecule has 0 unspecified atom stereocenters. The predicted octanol–water partition coefficient (Wildman–Crippen LogP) is 3.16. The van der Waals surface area contributed by atoms with E-state index in [9.17, 15) is 4.79 Å². The lowest BCUT2D eigenvalue weighted by molar-refractivity contribution is -0.128. The van der Waals surface area contributed by atoms with Crippen LogP contribution in [0.15, 0.2) is 61.2 Å². The highest BCUT2D eigenvalue weighted by atomic mass is 16.5. The number of carbonyl (C=O) groups excluding carboxylic acids is 1. The van der Waals surface area contributed by atoms with E-state index in [0.29, 0.717) is 5.75 Å². The molecule has 0 atom stereocenters. The van der Waals surface area contributed by atoms with Crippen LogP contribution in [0.25, 0.3) is 0 Å².